The third-order valence-electron chi connectivity index (χ3n) is 12.2. The summed E-state index contributed by atoms with van der Waals surface area (Å²) in [5.41, 5.74) is 0. The molecule has 0 bridgehead atoms. The van der Waals surface area contributed by atoms with Crippen LogP contribution in [-0.2, 0) is 14.3 Å². The Kier molecular flexibility index (Phi) is 46.6. The first kappa shape index (κ1) is 55.9. The Hall–Kier alpha value is -1.14. The molecule has 0 aliphatic carbocycles. The number of rotatable bonds is 48. The van der Waals surface area contributed by atoms with Gasteiger partial charge in [0.25, 0.3) is 0 Å². The van der Waals surface area contributed by atoms with Gasteiger partial charge >= 0.3 is 5.97 Å². The highest BCUT2D eigenvalue weighted by Crippen LogP contribution is 2.17. The molecule has 0 aromatic carbocycles. The summed E-state index contributed by atoms with van der Waals surface area (Å²) >= 11 is 0. The highest BCUT2D eigenvalue weighted by molar-refractivity contribution is 5.76. The molecular weight excluding hydrogens is 707 g/mol. The van der Waals surface area contributed by atoms with Crippen molar-refractivity contribution in [1.29, 1.82) is 0 Å². The Morgan fingerprint density at radius 1 is 0.421 bits per heavy atom. The van der Waals surface area contributed by atoms with Gasteiger partial charge in [0.15, 0.2) is 0 Å². The lowest BCUT2D eigenvalue weighted by Crippen LogP contribution is -2.45. The molecule has 0 saturated carbocycles. The van der Waals surface area contributed by atoms with Gasteiger partial charge in [0.1, 0.15) is 0 Å². The van der Waals surface area contributed by atoms with Gasteiger partial charge in [-0.3, -0.25) is 9.59 Å². The normalized spacial score (nSPS) is 12.6. The Morgan fingerprint density at radius 3 is 1.07 bits per heavy atom. The zero-order chi connectivity index (χ0) is 41.5. The lowest BCUT2D eigenvalue weighted by molar-refractivity contribution is -0.143. The lowest BCUT2D eigenvalue weighted by atomic mass is 10.0. The van der Waals surface area contributed by atoms with Gasteiger partial charge in [-0.1, -0.05) is 251 Å². The molecule has 6 nitrogen and oxygen atoms in total. The topological polar surface area (TPSA) is 95.9 Å². The molecule has 0 radical (unpaired) electrons. The number of aliphatic hydroxyl groups is 2. The van der Waals surface area contributed by atoms with Crippen molar-refractivity contribution in [3.05, 3.63) is 0 Å². The van der Waals surface area contributed by atoms with Crippen molar-refractivity contribution in [2.45, 2.75) is 302 Å². The molecule has 6 heteroatoms. The van der Waals surface area contributed by atoms with E-state index in [1.165, 1.54) is 199 Å². The van der Waals surface area contributed by atoms with Crippen LogP contribution in [0.3, 0.4) is 0 Å². The van der Waals surface area contributed by atoms with Gasteiger partial charge in [0.05, 0.1) is 25.4 Å². The van der Waals surface area contributed by atoms with Crippen LogP contribution in [0.2, 0.25) is 0 Å². The Morgan fingerprint density at radius 2 is 0.719 bits per heavy atom. The van der Waals surface area contributed by atoms with E-state index in [1.807, 2.05) is 0 Å². The van der Waals surface area contributed by atoms with Gasteiger partial charge in [0.2, 0.25) is 5.91 Å². The van der Waals surface area contributed by atoms with Gasteiger partial charge in [0, 0.05) is 12.8 Å². The summed E-state index contributed by atoms with van der Waals surface area (Å²) in [5, 5.41) is 23.2. The minimum Gasteiger partial charge on any atom is -0.466 e. The SMILES string of the molecule is CCCCCCCCCCCCCCCCCC(=O)OCCCCCCCCCCCCCCC(=O)NC(CO)C(O)CCCCCCCCCCCCCCC. The quantitative estimate of drug-likeness (QED) is 0.0420. The number of unbranched alkanes of at least 4 members (excludes halogenated alkanes) is 37. The van der Waals surface area contributed by atoms with Gasteiger partial charge < -0.3 is 20.3 Å². The molecule has 1 amide bonds. The van der Waals surface area contributed by atoms with Gasteiger partial charge in [-0.05, 0) is 25.7 Å². The lowest BCUT2D eigenvalue weighted by Gasteiger charge is -2.22. The third-order valence-corrected chi connectivity index (χ3v) is 12.2. The molecule has 0 spiro atoms. The summed E-state index contributed by atoms with van der Waals surface area (Å²) in [6.07, 6.45) is 52.1. The monoisotopic (exact) mass is 808 g/mol. The van der Waals surface area contributed by atoms with Crippen molar-refractivity contribution in [2.75, 3.05) is 13.2 Å². The fourth-order valence-electron chi connectivity index (χ4n) is 8.17. The summed E-state index contributed by atoms with van der Waals surface area (Å²) in [7, 11) is 0. The van der Waals surface area contributed by atoms with E-state index in [0.29, 0.717) is 25.9 Å². The smallest absolute Gasteiger partial charge is 0.305 e. The van der Waals surface area contributed by atoms with Crippen LogP contribution >= 0.6 is 0 Å². The minimum atomic E-state index is -0.672. The summed E-state index contributed by atoms with van der Waals surface area (Å²) in [5.74, 6) is -0.0549. The maximum Gasteiger partial charge on any atom is 0.305 e. The van der Waals surface area contributed by atoms with Crippen LogP contribution in [0.4, 0.5) is 0 Å². The van der Waals surface area contributed by atoms with Crippen LogP contribution in [0.1, 0.15) is 290 Å². The van der Waals surface area contributed by atoms with E-state index >= 15 is 0 Å². The van der Waals surface area contributed by atoms with E-state index in [2.05, 4.69) is 19.2 Å². The summed E-state index contributed by atoms with van der Waals surface area (Å²) in [6.45, 7) is 4.93. The molecule has 0 aliphatic heterocycles. The summed E-state index contributed by atoms with van der Waals surface area (Å²) in [4.78, 5) is 24.5. The first-order chi connectivity index (χ1) is 28.0. The fourth-order valence-corrected chi connectivity index (χ4v) is 8.17. The molecule has 0 rings (SSSR count). The van der Waals surface area contributed by atoms with E-state index in [0.717, 1.165) is 57.8 Å². The highest BCUT2D eigenvalue weighted by atomic mass is 16.5. The average Bonchev–Trinajstić information content (AvgIpc) is 3.21. The number of hydrogen-bond acceptors (Lipinski definition) is 5. The number of amides is 1. The van der Waals surface area contributed by atoms with Crippen LogP contribution in [-0.4, -0.2) is 47.4 Å². The van der Waals surface area contributed by atoms with Crippen LogP contribution in [0, 0.1) is 0 Å². The third kappa shape index (κ3) is 44.2. The number of carbonyl (C=O) groups is 2. The molecule has 57 heavy (non-hydrogen) atoms. The highest BCUT2D eigenvalue weighted by Gasteiger charge is 2.20. The van der Waals surface area contributed by atoms with E-state index < -0.39 is 12.1 Å². The van der Waals surface area contributed by atoms with E-state index in [4.69, 9.17) is 4.74 Å². The second-order valence-electron chi connectivity index (χ2n) is 17.9. The molecule has 2 atom stereocenters. The summed E-state index contributed by atoms with van der Waals surface area (Å²) < 4.78 is 5.46. The molecule has 0 aliphatic rings. The van der Waals surface area contributed by atoms with Crippen molar-refractivity contribution in [3.8, 4) is 0 Å². The molecule has 0 fully saturated rings. The fraction of sp³-hybridized carbons (Fsp3) is 0.961. The molecule has 2 unspecified atom stereocenters. The van der Waals surface area contributed by atoms with Crippen molar-refractivity contribution in [1.82, 2.24) is 5.32 Å². The maximum absolute atomic E-state index is 12.4. The van der Waals surface area contributed by atoms with Crippen LogP contribution in [0.15, 0.2) is 0 Å². The standard InChI is InChI=1S/C51H101NO5/c1-3-5-7-9-11-13-15-17-18-20-25-29-33-37-41-45-51(56)57-46-42-38-34-30-26-22-21-24-28-32-36-40-44-50(55)52-48(47-53)49(54)43-39-35-31-27-23-19-16-14-12-10-8-6-4-2/h48-49,53-54H,3-47H2,1-2H3,(H,52,55). The van der Waals surface area contributed by atoms with Crippen LogP contribution in [0.5, 0.6) is 0 Å². The van der Waals surface area contributed by atoms with Crippen LogP contribution < -0.4 is 5.32 Å². The molecule has 0 aromatic heterocycles. The van der Waals surface area contributed by atoms with Crippen LogP contribution in [0.25, 0.3) is 0 Å². The first-order valence-corrected chi connectivity index (χ1v) is 25.8. The second-order valence-corrected chi connectivity index (χ2v) is 17.9. The molecule has 3 N–H and O–H groups in total. The van der Waals surface area contributed by atoms with Crippen molar-refractivity contribution < 1.29 is 24.5 Å². The number of hydrogen-bond donors (Lipinski definition) is 3. The zero-order valence-electron chi connectivity index (χ0n) is 38.6. The van der Waals surface area contributed by atoms with E-state index in [-0.39, 0.29) is 18.5 Å². The predicted octanol–water partition coefficient (Wildman–Crippen LogP) is 15.2. The minimum absolute atomic E-state index is 0.00582. The second kappa shape index (κ2) is 47.5. The Balaban J connectivity index is 3.43. The van der Waals surface area contributed by atoms with Gasteiger partial charge in [-0.25, -0.2) is 0 Å². The van der Waals surface area contributed by atoms with Crippen molar-refractivity contribution in [3.63, 3.8) is 0 Å². The Bertz CT molecular complexity index is 806. The molecule has 0 saturated heterocycles. The predicted molar refractivity (Wildman–Crippen MR) is 246 cm³/mol. The maximum atomic E-state index is 12.4. The largest absolute Gasteiger partial charge is 0.466 e. The van der Waals surface area contributed by atoms with E-state index in [9.17, 15) is 19.8 Å². The number of ether oxygens (including phenoxy) is 1. The van der Waals surface area contributed by atoms with Crippen molar-refractivity contribution >= 4 is 11.9 Å². The first-order valence-electron chi connectivity index (χ1n) is 25.8. The summed E-state index contributed by atoms with van der Waals surface area (Å²) in [6, 6.07) is -0.550. The Labute approximate surface area is 356 Å². The average molecular weight is 808 g/mol. The zero-order valence-corrected chi connectivity index (χ0v) is 38.6. The van der Waals surface area contributed by atoms with Crippen molar-refractivity contribution in [2.24, 2.45) is 0 Å². The van der Waals surface area contributed by atoms with E-state index in [1.54, 1.807) is 0 Å². The molecular formula is C51H101NO5. The number of carbonyl (C=O) groups excluding carboxylic acids is 2. The molecule has 0 heterocycles. The number of aliphatic hydroxyl groups excluding tert-OH is 2. The molecule has 0 aromatic rings. The van der Waals surface area contributed by atoms with Gasteiger partial charge in [-0.2, -0.15) is 0 Å². The number of esters is 1. The molecule has 340 valence electrons. The number of nitrogens with one attached hydrogen (secondary N) is 1. The van der Waals surface area contributed by atoms with Gasteiger partial charge in [-0.15, -0.1) is 0 Å².